The van der Waals surface area contributed by atoms with Gasteiger partial charge in [-0.25, -0.2) is 0 Å². The molecule has 1 amide bonds. The van der Waals surface area contributed by atoms with Crippen molar-refractivity contribution in [2.45, 2.75) is 43.4 Å². The zero-order valence-electron chi connectivity index (χ0n) is 16.4. The third-order valence-corrected chi connectivity index (χ3v) is 6.05. The SMILES string of the molecule is O=C(c1cccc(C(F)(F)F)c1)N1CCC(CN2C[C@H](O)[C@@H](O)[C@H](O)[C@H]2CO)CC1. The largest absolute Gasteiger partial charge is 0.416 e. The van der Waals surface area contributed by atoms with Gasteiger partial charge in [-0.2, -0.15) is 13.2 Å². The van der Waals surface area contributed by atoms with Crippen LogP contribution in [0.15, 0.2) is 24.3 Å². The first kappa shape index (κ1) is 23.0. The minimum atomic E-state index is -4.51. The maximum absolute atomic E-state index is 12.9. The molecule has 0 bridgehead atoms. The topological polar surface area (TPSA) is 104 Å². The molecule has 2 aliphatic heterocycles. The monoisotopic (exact) mass is 432 g/mol. The molecule has 30 heavy (non-hydrogen) atoms. The Kier molecular flexibility index (Phi) is 7.03. The van der Waals surface area contributed by atoms with Gasteiger partial charge in [0.05, 0.1) is 24.3 Å². The molecule has 0 saturated carbocycles. The van der Waals surface area contributed by atoms with Gasteiger partial charge in [-0.3, -0.25) is 9.69 Å². The Morgan fingerprint density at radius 2 is 1.77 bits per heavy atom. The van der Waals surface area contributed by atoms with Crippen molar-refractivity contribution in [3.63, 3.8) is 0 Å². The van der Waals surface area contributed by atoms with Crippen molar-refractivity contribution >= 4 is 5.91 Å². The molecule has 4 N–H and O–H groups in total. The second-order valence-corrected chi connectivity index (χ2v) is 8.07. The summed E-state index contributed by atoms with van der Waals surface area (Å²) in [5.41, 5.74) is -0.859. The number of aliphatic hydroxyl groups excluding tert-OH is 4. The zero-order valence-corrected chi connectivity index (χ0v) is 16.4. The predicted octanol–water partition coefficient (Wildman–Crippen LogP) is 0.317. The smallest absolute Gasteiger partial charge is 0.395 e. The highest BCUT2D eigenvalue weighted by atomic mass is 19.4. The molecule has 0 aliphatic carbocycles. The molecule has 4 atom stereocenters. The van der Waals surface area contributed by atoms with E-state index in [4.69, 9.17) is 0 Å². The fourth-order valence-electron chi connectivity index (χ4n) is 4.25. The van der Waals surface area contributed by atoms with Crippen molar-refractivity contribution in [3.8, 4) is 0 Å². The maximum atomic E-state index is 12.9. The number of rotatable bonds is 4. The molecule has 10 heteroatoms. The second-order valence-electron chi connectivity index (χ2n) is 8.07. The fourth-order valence-corrected chi connectivity index (χ4v) is 4.25. The summed E-state index contributed by atoms with van der Waals surface area (Å²) in [6, 6.07) is 3.70. The number of aliphatic hydroxyl groups is 4. The molecule has 2 aliphatic rings. The lowest BCUT2D eigenvalue weighted by Crippen LogP contribution is -2.63. The molecular weight excluding hydrogens is 405 g/mol. The van der Waals surface area contributed by atoms with Gasteiger partial charge in [0.25, 0.3) is 5.91 Å². The standard InChI is InChI=1S/C20H27F3N2O5/c21-20(22,23)14-3-1-2-13(8-14)19(30)24-6-4-12(5-7-24)9-25-10-16(27)18(29)17(28)15(25)11-26/h1-3,8,12,15-18,26-29H,4-7,9-11H2/t15-,16+,17-,18-/m1/s1. The minimum Gasteiger partial charge on any atom is -0.395 e. The third-order valence-electron chi connectivity index (χ3n) is 6.05. The molecule has 1 aromatic carbocycles. The summed E-state index contributed by atoms with van der Waals surface area (Å²) in [5, 5.41) is 39.4. The van der Waals surface area contributed by atoms with Gasteiger partial charge in [0.1, 0.15) is 12.2 Å². The third kappa shape index (κ3) is 4.94. The normalized spacial score (nSPS) is 29.2. The van der Waals surface area contributed by atoms with E-state index in [0.717, 1.165) is 12.1 Å². The van der Waals surface area contributed by atoms with Gasteiger partial charge in [-0.05, 0) is 37.0 Å². The first-order chi connectivity index (χ1) is 14.1. The first-order valence-corrected chi connectivity index (χ1v) is 9.97. The number of hydrogen-bond donors (Lipinski definition) is 4. The number of nitrogens with zero attached hydrogens (tertiary/aromatic N) is 2. The van der Waals surface area contributed by atoms with E-state index < -0.39 is 42.0 Å². The Balaban J connectivity index is 1.58. The van der Waals surface area contributed by atoms with Crippen LogP contribution in [0, 0.1) is 5.92 Å². The Labute approximate surface area is 172 Å². The summed E-state index contributed by atoms with van der Waals surface area (Å²) in [6.45, 7) is 0.985. The molecule has 1 aromatic rings. The number of piperidine rings is 2. The van der Waals surface area contributed by atoms with Crippen molar-refractivity contribution in [3.05, 3.63) is 35.4 Å². The molecule has 0 unspecified atom stereocenters. The molecule has 7 nitrogen and oxygen atoms in total. The van der Waals surface area contributed by atoms with Gasteiger partial charge in [-0.15, -0.1) is 0 Å². The number of likely N-dealkylation sites (tertiary alicyclic amines) is 2. The van der Waals surface area contributed by atoms with Crippen LogP contribution in [0.3, 0.4) is 0 Å². The van der Waals surface area contributed by atoms with E-state index in [2.05, 4.69) is 0 Å². The Bertz CT molecular complexity index is 739. The summed E-state index contributed by atoms with van der Waals surface area (Å²) in [4.78, 5) is 15.9. The predicted molar refractivity (Wildman–Crippen MR) is 101 cm³/mol. The summed E-state index contributed by atoms with van der Waals surface area (Å²) < 4.78 is 38.7. The van der Waals surface area contributed by atoms with E-state index in [1.807, 2.05) is 0 Å². The van der Waals surface area contributed by atoms with Crippen molar-refractivity contribution < 1.29 is 38.4 Å². The van der Waals surface area contributed by atoms with Crippen molar-refractivity contribution in [1.29, 1.82) is 0 Å². The van der Waals surface area contributed by atoms with E-state index in [1.54, 1.807) is 4.90 Å². The summed E-state index contributed by atoms with van der Waals surface area (Å²) in [6.07, 6.45) is -7.00. The van der Waals surface area contributed by atoms with Crippen LogP contribution in [-0.4, -0.2) is 93.3 Å². The highest BCUT2D eigenvalue weighted by molar-refractivity contribution is 5.94. The molecule has 0 spiro atoms. The number of hydrogen-bond acceptors (Lipinski definition) is 6. The van der Waals surface area contributed by atoms with Gasteiger partial charge in [-0.1, -0.05) is 6.07 Å². The van der Waals surface area contributed by atoms with E-state index in [0.29, 0.717) is 32.5 Å². The highest BCUT2D eigenvalue weighted by Gasteiger charge is 2.42. The Morgan fingerprint density at radius 1 is 1.10 bits per heavy atom. The van der Waals surface area contributed by atoms with Gasteiger partial charge < -0.3 is 25.3 Å². The molecule has 3 rings (SSSR count). The van der Waals surface area contributed by atoms with Crippen LogP contribution in [0.25, 0.3) is 0 Å². The number of halogens is 3. The molecule has 0 radical (unpaired) electrons. The zero-order chi connectivity index (χ0) is 22.1. The molecular formula is C20H27F3N2O5. The number of alkyl halides is 3. The first-order valence-electron chi connectivity index (χ1n) is 9.97. The van der Waals surface area contributed by atoms with E-state index >= 15 is 0 Å². The maximum Gasteiger partial charge on any atom is 0.416 e. The van der Waals surface area contributed by atoms with Gasteiger partial charge >= 0.3 is 6.18 Å². The summed E-state index contributed by atoms with van der Waals surface area (Å²) in [7, 11) is 0. The van der Waals surface area contributed by atoms with Crippen LogP contribution in [0.1, 0.15) is 28.8 Å². The van der Waals surface area contributed by atoms with E-state index in [-0.39, 0.29) is 24.6 Å². The van der Waals surface area contributed by atoms with Crippen molar-refractivity contribution in [2.75, 3.05) is 32.8 Å². The molecule has 2 saturated heterocycles. The lowest BCUT2D eigenvalue weighted by Gasteiger charge is -2.45. The van der Waals surface area contributed by atoms with Crippen LogP contribution < -0.4 is 0 Å². The van der Waals surface area contributed by atoms with Crippen LogP contribution >= 0.6 is 0 Å². The van der Waals surface area contributed by atoms with E-state index in [9.17, 15) is 38.4 Å². The van der Waals surface area contributed by atoms with Crippen LogP contribution in [0.2, 0.25) is 0 Å². The van der Waals surface area contributed by atoms with Crippen molar-refractivity contribution in [1.82, 2.24) is 9.80 Å². The number of benzene rings is 1. The fraction of sp³-hybridized carbons (Fsp3) is 0.650. The Hall–Kier alpha value is -1.72. The lowest BCUT2D eigenvalue weighted by atomic mass is 9.90. The minimum absolute atomic E-state index is 0.000109. The molecule has 0 aromatic heterocycles. The van der Waals surface area contributed by atoms with Gasteiger partial charge in [0.15, 0.2) is 0 Å². The van der Waals surface area contributed by atoms with Crippen LogP contribution in [0.5, 0.6) is 0 Å². The number of β-amino-alcohol motifs (C(OH)–C–C–N with tert-alkyl or cyclic N) is 1. The molecule has 2 heterocycles. The number of carbonyl (C=O) groups is 1. The number of carbonyl (C=O) groups excluding carboxylic acids is 1. The average molecular weight is 432 g/mol. The summed E-state index contributed by atoms with van der Waals surface area (Å²) >= 11 is 0. The molecule has 2 fully saturated rings. The average Bonchev–Trinajstić information content (AvgIpc) is 2.72. The Morgan fingerprint density at radius 3 is 2.37 bits per heavy atom. The second kappa shape index (κ2) is 9.19. The van der Waals surface area contributed by atoms with Gasteiger partial charge in [0, 0.05) is 31.7 Å². The summed E-state index contributed by atoms with van der Waals surface area (Å²) in [5.74, 6) is -0.320. The van der Waals surface area contributed by atoms with E-state index in [1.165, 1.54) is 17.0 Å². The van der Waals surface area contributed by atoms with Gasteiger partial charge in [0.2, 0.25) is 0 Å². The van der Waals surface area contributed by atoms with Crippen LogP contribution in [0.4, 0.5) is 13.2 Å². The number of amides is 1. The highest BCUT2D eigenvalue weighted by Crippen LogP contribution is 2.30. The van der Waals surface area contributed by atoms with Crippen molar-refractivity contribution in [2.24, 2.45) is 5.92 Å². The quantitative estimate of drug-likeness (QED) is 0.546. The molecule has 168 valence electrons. The lowest BCUT2D eigenvalue weighted by molar-refractivity contribution is -0.148. The van der Waals surface area contributed by atoms with Crippen LogP contribution in [-0.2, 0) is 6.18 Å².